The van der Waals surface area contributed by atoms with Crippen LogP contribution in [-0.2, 0) is 11.4 Å². The zero-order valence-electron chi connectivity index (χ0n) is 17.9. The van der Waals surface area contributed by atoms with Crippen molar-refractivity contribution in [2.24, 2.45) is 0 Å². The Morgan fingerprint density at radius 3 is 2.21 bits per heavy atom. The maximum Gasteiger partial charge on any atom is 0.298 e. The van der Waals surface area contributed by atoms with Gasteiger partial charge in [-0.05, 0) is 84.4 Å². The molecule has 0 spiro atoms. The van der Waals surface area contributed by atoms with E-state index in [4.69, 9.17) is 44.3 Å². The first-order valence-corrected chi connectivity index (χ1v) is 12.2. The number of benzene rings is 3. The number of ether oxygens (including phenoxy) is 2. The number of nitrogens with zero attached hydrogens (tertiary/aromatic N) is 1. The van der Waals surface area contributed by atoms with Crippen LogP contribution in [0, 0.1) is 0 Å². The summed E-state index contributed by atoms with van der Waals surface area (Å²) in [6.07, 6.45) is 1.61. The zero-order valence-corrected chi connectivity index (χ0v) is 21.0. The molecule has 4 rings (SSSR count). The van der Waals surface area contributed by atoms with E-state index in [2.05, 4.69) is 0 Å². The molecule has 9 heteroatoms. The summed E-state index contributed by atoms with van der Waals surface area (Å²) in [4.78, 5) is 26.8. The van der Waals surface area contributed by atoms with Crippen molar-refractivity contribution >= 4 is 69.5 Å². The number of hydrogen-bond acceptors (Lipinski definition) is 5. The first-order chi connectivity index (χ1) is 16.4. The minimum Gasteiger partial charge on any atom is -0.490 e. The summed E-state index contributed by atoms with van der Waals surface area (Å²) in [6, 6.07) is 17.2. The molecule has 0 saturated carbocycles. The Bertz CT molecular complexity index is 1260. The van der Waals surface area contributed by atoms with Gasteiger partial charge in [0.2, 0.25) is 0 Å². The highest BCUT2D eigenvalue weighted by atomic mass is 35.5. The second-order valence-corrected chi connectivity index (χ2v) is 9.44. The summed E-state index contributed by atoms with van der Waals surface area (Å²) in [5.74, 6) is 0.409. The largest absolute Gasteiger partial charge is 0.490 e. The predicted molar refractivity (Wildman–Crippen MR) is 138 cm³/mol. The van der Waals surface area contributed by atoms with Crippen molar-refractivity contribution in [1.29, 1.82) is 0 Å². The molecular weight excluding hydrogens is 517 g/mol. The summed E-state index contributed by atoms with van der Waals surface area (Å²) >= 11 is 19.2. The van der Waals surface area contributed by atoms with Crippen LogP contribution in [0.1, 0.15) is 18.1 Å². The second-order valence-electron chi connectivity index (χ2n) is 7.17. The van der Waals surface area contributed by atoms with Crippen molar-refractivity contribution in [2.45, 2.75) is 13.5 Å². The summed E-state index contributed by atoms with van der Waals surface area (Å²) in [7, 11) is 0. The fourth-order valence-corrected chi connectivity index (χ4v) is 4.61. The molecule has 0 unspecified atom stereocenters. The maximum absolute atomic E-state index is 12.9. The van der Waals surface area contributed by atoms with Gasteiger partial charge in [0, 0.05) is 10.0 Å². The van der Waals surface area contributed by atoms with Crippen LogP contribution in [0.4, 0.5) is 10.5 Å². The number of carbonyl (C=O) groups is 2. The van der Waals surface area contributed by atoms with Gasteiger partial charge in [-0.3, -0.25) is 9.59 Å². The second kappa shape index (κ2) is 10.7. The van der Waals surface area contributed by atoms with Crippen LogP contribution in [0.5, 0.6) is 11.5 Å². The van der Waals surface area contributed by atoms with Gasteiger partial charge in [0.15, 0.2) is 11.5 Å². The average molecular weight is 535 g/mol. The van der Waals surface area contributed by atoms with Gasteiger partial charge in [0.1, 0.15) is 6.61 Å². The summed E-state index contributed by atoms with van der Waals surface area (Å²) < 4.78 is 11.7. The normalized spacial score (nSPS) is 14.7. The monoisotopic (exact) mass is 533 g/mol. The number of halogens is 3. The molecule has 3 aromatic rings. The Balaban J connectivity index is 1.59. The molecule has 0 bridgehead atoms. The van der Waals surface area contributed by atoms with Crippen LogP contribution < -0.4 is 14.4 Å². The Kier molecular flexibility index (Phi) is 7.73. The minimum absolute atomic E-state index is 0.272. The number of thioether (sulfide) groups is 1. The first kappa shape index (κ1) is 24.5. The molecule has 0 aromatic heterocycles. The van der Waals surface area contributed by atoms with Crippen LogP contribution in [0.2, 0.25) is 15.1 Å². The fraction of sp³-hybridized carbons (Fsp3) is 0.120. The third-order valence-electron chi connectivity index (χ3n) is 4.80. The van der Waals surface area contributed by atoms with Gasteiger partial charge in [0.05, 0.1) is 22.2 Å². The number of rotatable bonds is 7. The molecule has 3 aromatic carbocycles. The van der Waals surface area contributed by atoms with Crippen LogP contribution in [-0.4, -0.2) is 17.8 Å². The van der Waals surface area contributed by atoms with E-state index in [0.717, 1.165) is 22.2 Å². The van der Waals surface area contributed by atoms with Gasteiger partial charge >= 0.3 is 0 Å². The molecule has 1 saturated heterocycles. The molecule has 1 aliphatic heterocycles. The SMILES string of the molecule is CCOc1cc(/C=C2/SC(=O)N(c3ccc(Cl)cc3)C2=O)cc(Cl)c1OCc1ccc(Cl)cc1. The lowest BCUT2D eigenvalue weighted by atomic mass is 10.1. The van der Waals surface area contributed by atoms with Crippen LogP contribution in [0.25, 0.3) is 6.08 Å². The van der Waals surface area contributed by atoms with Crippen molar-refractivity contribution in [1.82, 2.24) is 0 Å². The van der Waals surface area contributed by atoms with Gasteiger partial charge in [-0.25, -0.2) is 4.90 Å². The molecule has 1 fully saturated rings. The maximum atomic E-state index is 12.9. The van der Waals surface area contributed by atoms with Gasteiger partial charge in [0.25, 0.3) is 11.1 Å². The van der Waals surface area contributed by atoms with Crippen molar-refractivity contribution in [3.05, 3.63) is 91.8 Å². The predicted octanol–water partition coefficient (Wildman–Crippen LogP) is 7.87. The molecule has 0 N–H and O–H groups in total. The van der Waals surface area contributed by atoms with E-state index in [1.54, 1.807) is 54.6 Å². The number of carbonyl (C=O) groups excluding carboxylic acids is 2. The molecule has 0 atom stereocenters. The molecule has 34 heavy (non-hydrogen) atoms. The molecule has 0 radical (unpaired) electrons. The summed E-state index contributed by atoms with van der Waals surface area (Å²) in [6.45, 7) is 2.52. The van der Waals surface area contributed by atoms with Crippen LogP contribution in [0.15, 0.2) is 65.6 Å². The summed E-state index contributed by atoms with van der Waals surface area (Å²) in [5, 5.41) is 1.09. The average Bonchev–Trinajstić information content (AvgIpc) is 3.08. The molecule has 1 aliphatic rings. The van der Waals surface area contributed by atoms with E-state index in [-0.39, 0.29) is 11.5 Å². The Morgan fingerprint density at radius 1 is 0.912 bits per heavy atom. The van der Waals surface area contributed by atoms with Crippen LogP contribution in [0.3, 0.4) is 0 Å². The van der Waals surface area contributed by atoms with E-state index in [1.165, 1.54) is 0 Å². The number of amides is 2. The molecule has 2 amide bonds. The minimum atomic E-state index is -0.422. The van der Waals surface area contributed by atoms with Crippen molar-refractivity contribution in [3.8, 4) is 11.5 Å². The Hall–Kier alpha value is -2.64. The van der Waals surface area contributed by atoms with Crippen molar-refractivity contribution < 1.29 is 19.1 Å². The lowest BCUT2D eigenvalue weighted by Crippen LogP contribution is -2.27. The number of anilines is 1. The number of imide groups is 1. The fourth-order valence-electron chi connectivity index (χ4n) is 3.24. The lowest BCUT2D eigenvalue weighted by Gasteiger charge is -2.15. The van der Waals surface area contributed by atoms with E-state index >= 15 is 0 Å². The van der Waals surface area contributed by atoms with Crippen LogP contribution >= 0.6 is 46.6 Å². The standard InChI is InChI=1S/C25H18Cl3NO4S/c1-2-32-21-12-16(11-20(28)23(21)33-14-15-3-5-17(26)6-4-15)13-22-24(30)29(25(31)34-22)19-9-7-18(27)8-10-19/h3-13H,2,14H2,1H3/b22-13+. The van der Waals surface area contributed by atoms with E-state index in [0.29, 0.717) is 44.4 Å². The third kappa shape index (κ3) is 5.53. The molecule has 174 valence electrons. The molecule has 5 nitrogen and oxygen atoms in total. The quantitative estimate of drug-likeness (QED) is 0.289. The zero-order chi connectivity index (χ0) is 24.2. The summed E-state index contributed by atoms with van der Waals surface area (Å²) in [5.41, 5.74) is 1.98. The van der Waals surface area contributed by atoms with Crippen molar-refractivity contribution in [3.63, 3.8) is 0 Å². The number of hydrogen-bond donors (Lipinski definition) is 0. The Morgan fingerprint density at radius 2 is 1.56 bits per heavy atom. The molecule has 0 aliphatic carbocycles. The highest BCUT2D eigenvalue weighted by Crippen LogP contribution is 2.40. The van der Waals surface area contributed by atoms with Crippen molar-refractivity contribution in [2.75, 3.05) is 11.5 Å². The van der Waals surface area contributed by atoms with E-state index in [1.807, 2.05) is 19.1 Å². The third-order valence-corrected chi connectivity index (χ3v) is 6.46. The van der Waals surface area contributed by atoms with E-state index < -0.39 is 11.1 Å². The topological polar surface area (TPSA) is 55.8 Å². The van der Waals surface area contributed by atoms with Gasteiger partial charge in [-0.1, -0.05) is 46.9 Å². The van der Waals surface area contributed by atoms with Gasteiger partial charge < -0.3 is 9.47 Å². The van der Waals surface area contributed by atoms with E-state index in [9.17, 15) is 9.59 Å². The van der Waals surface area contributed by atoms with Gasteiger partial charge in [-0.2, -0.15) is 0 Å². The first-order valence-electron chi connectivity index (χ1n) is 10.2. The smallest absolute Gasteiger partial charge is 0.298 e. The highest BCUT2D eigenvalue weighted by Gasteiger charge is 2.36. The molecule has 1 heterocycles. The lowest BCUT2D eigenvalue weighted by molar-refractivity contribution is -0.113. The highest BCUT2D eigenvalue weighted by molar-refractivity contribution is 8.19. The van der Waals surface area contributed by atoms with Gasteiger partial charge in [-0.15, -0.1) is 0 Å². The molecular formula is C25H18Cl3NO4S. The Labute approximate surface area is 216 Å².